The lowest BCUT2D eigenvalue weighted by atomic mass is 10.1. The van der Waals surface area contributed by atoms with Crippen LogP contribution in [-0.4, -0.2) is 37.8 Å². The number of anilines is 1. The number of thiocarbonyl (C=S) groups is 1. The molecule has 1 aliphatic rings. The summed E-state index contributed by atoms with van der Waals surface area (Å²) in [5.41, 5.74) is 2.48. The molecule has 1 unspecified atom stereocenters. The lowest BCUT2D eigenvalue weighted by molar-refractivity contribution is -0.125. The monoisotopic (exact) mass is 447 g/mol. The highest BCUT2D eigenvalue weighted by Gasteiger charge is 2.32. The Morgan fingerprint density at radius 1 is 1.24 bits per heavy atom. The van der Waals surface area contributed by atoms with Crippen LogP contribution in [0.2, 0.25) is 0 Å². The number of aryl methyl sites for hydroxylation is 1. The number of carbonyl (C=O) groups is 2. The number of aromatic nitrogens is 1. The SMILES string of the molecule is Cc1ccc(Cc2cnc(NC(=O)CCCCCN3C(=O)C(C)SC3=S)s2)cc1. The standard InChI is InChI=1S/C21H25N3O2S3/c1-14-7-9-16(10-8-14)12-17-13-22-20(29-17)23-18(25)6-4-3-5-11-24-19(26)15(2)28-21(24)27/h7-10,13,15H,3-6,11-12H2,1-2H3,(H,22,23,25). The van der Waals surface area contributed by atoms with Gasteiger partial charge in [-0.1, -0.05) is 60.2 Å². The largest absolute Gasteiger partial charge is 0.302 e. The normalized spacial score (nSPS) is 16.5. The van der Waals surface area contributed by atoms with Crippen molar-refractivity contribution in [3.05, 3.63) is 46.5 Å². The lowest BCUT2D eigenvalue weighted by Crippen LogP contribution is -2.31. The maximum Gasteiger partial charge on any atom is 0.241 e. The molecule has 0 saturated carbocycles. The van der Waals surface area contributed by atoms with Gasteiger partial charge in [0.25, 0.3) is 0 Å². The summed E-state index contributed by atoms with van der Waals surface area (Å²) in [5, 5.41) is 3.47. The number of thiazole rings is 1. The van der Waals surface area contributed by atoms with Crippen molar-refractivity contribution in [1.82, 2.24) is 9.88 Å². The summed E-state index contributed by atoms with van der Waals surface area (Å²) < 4.78 is 0.672. The number of hydrogen-bond acceptors (Lipinski definition) is 6. The number of rotatable bonds is 9. The zero-order valence-electron chi connectivity index (χ0n) is 16.6. The van der Waals surface area contributed by atoms with E-state index in [0.29, 0.717) is 22.4 Å². The fraction of sp³-hybridized carbons (Fsp3) is 0.429. The van der Waals surface area contributed by atoms with E-state index in [2.05, 4.69) is 41.5 Å². The Balaban J connectivity index is 1.35. The van der Waals surface area contributed by atoms with E-state index in [0.717, 1.165) is 30.6 Å². The number of nitrogens with zero attached hydrogens (tertiary/aromatic N) is 2. The van der Waals surface area contributed by atoms with Crippen molar-refractivity contribution >= 4 is 56.6 Å². The van der Waals surface area contributed by atoms with E-state index in [1.165, 1.54) is 34.2 Å². The molecular formula is C21H25N3O2S3. The third-order valence-corrected chi connectivity index (χ3v) is 7.10. The number of hydrogen-bond donors (Lipinski definition) is 1. The van der Waals surface area contributed by atoms with E-state index < -0.39 is 0 Å². The molecule has 0 spiro atoms. The van der Waals surface area contributed by atoms with Gasteiger partial charge < -0.3 is 5.32 Å². The van der Waals surface area contributed by atoms with E-state index in [1.807, 2.05) is 13.1 Å². The molecule has 1 fully saturated rings. The Morgan fingerprint density at radius 2 is 2.00 bits per heavy atom. The van der Waals surface area contributed by atoms with E-state index >= 15 is 0 Å². The number of carbonyl (C=O) groups excluding carboxylic acids is 2. The van der Waals surface area contributed by atoms with Crippen LogP contribution in [0.15, 0.2) is 30.5 Å². The molecule has 154 valence electrons. The van der Waals surface area contributed by atoms with Crippen LogP contribution in [0, 0.1) is 6.92 Å². The van der Waals surface area contributed by atoms with Crippen LogP contribution in [0.5, 0.6) is 0 Å². The minimum absolute atomic E-state index is 0.0156. The summed E-state index contributed by atoms with van der Waals surface area (Å²) in [6.07, 6.45) is 5.62. The minimum atomic E-state index is -0.0672. The van der Waals surface area contributed by atoms with Crippen LogP contribution in [-0.2, 0) is 16.0 Å². The van der Waals surface area contributed by atoms with Crippen LogP contribution in [0.25, 0.3) is 0 Å². The smallest absolute Gasteiger partial charge is 0.241 e. The van der Waals surface area contributed by atoms with Crippen molar-refractivity contribution in [2.45, 2.75) is 51.2 Å². The molecular weight excluding hydrogens is 422 g/mol. The summed E-state index contributed by atoms with van der Waals surface area (Å²) in [6.45, 7) is 4.60. The molecule has 0 aliphatic carbocycles. The Kier molecular flexibility index (Phi) is 7.80. The molecule has 0 radical (unpaired) electrons. The number of benzene rings is 1. The van der Waals surface area contributed by atoms with Crippen molar-refractivity contribution < 1.29 is 9.59 Å². The Morgan fingerprint density at radius 3 is 2.69 bits per heavy atom. The fourth-order valence-electron chi connectivity index (χ4n) is 3.04. The molecule has 29 heavy (non-hydrogen) atoms. The number of amides is 2. The first kappa shape index (κ1) is 21.9. The molecule has 2 heterocycles. The number of thioether (sulfide) groups is 1. The molecule has 8 heteroatoms. The molecule has 1 saturated heterocycles. The first-order chi connectivity index (χ1) is 13.9. The van der Waals surface area contributed by atoms with Gasteiger partial charge in [0.2, 0.25) is 11.8 Å². The average Bonchev–Trinajstić information content (AvgIpc) is 3.21. The summed E-state index contributed by atoms with van der Waals surface area (Å²) in [4.78, 5) is 31.3. The van der Waals surface area contributed by atoms with Gasteiger partial charge in [-0.25, -0.2) is 4.98 Å². The molecule has 2 amide bonds. The van der Waals surface area contributed by atoms with Crippen molar-refractivity contribution in [3.8, 4) is 0 Å². The second-order valence-electron chi connectivity index (χ2n) is 7.17. The maximum atomic E-state index is 12.2. The first-order valence-electron chi connectivity index (χ1n) is 9.74. The Bertz CT molecular complexity index is 880. The highest BCUT2D eigenvalue weighted by atomic mass is 32.2. The second-order valence-corrected chi connectivity index (χ2v) is 10.3. The van der Waals surface area contributed by atoms with Gasteiger partial charge in [0.1, 0.15) is 4.32 Å². The zero-order chi connectivity index (χ0) is 20.8. The van der Waals surface area contributed by atoms with E-state index in [4.69, 9.17) is 12.2 Å². The lowest BCUT2D eigenvalue weighted by Gasteiger charge is -2.14. The first-order valence-corrected chi connectivity index (χ1v) is 11.8. The Hall–Kier alpha value is -1.77. The highest BCUT2D eigenvalue weighted by molar-refractivity contribution is 8.24. The van der Waals surface area contributed by atoms with Crippen molar-refractivity contribution in [3.63, 3.8) is 0 Å². The molecule has 3 rings (SSSR count). The number of unbranched alkanes of at least 4 members (excludes halogenated alkanes) is 2. The van der Waals surface area contributed by atoms with Crippen LogP contribution in [0.1, 0.15) is 48.6 Å². The van der Waals surface area contributed by atoms with Gasteiger partial charge in [-0.3, -0.25) is 14.5 Å². The van der Waals surface area contributed by atoms with E-state index in [9.17, 15) is 9.59 Å². The topological polar surface area (TPSA) is 62.3 Å². The third kappa shape index (κ3) is 6.35. The van der Waals surface area contributed by atoms with Crippen molar-refractivity contribution in [2.75, 3.05) is 11.9 Å². The molecule has 0 bridgehead atoms. The highest BCUT2D eigenvalue weighted by Crippen LogP contribution is 2.27. The summed E-state index contributed by atoms with van der Waals surface area (Å²) in [6, 6.07) is 8.45. The summed E-state index contributed by atoms with van der Waals surface area (Å²) in [7, 11) is 0. The molecule has 5 nitrogen and oxygen atoms in total. The third-order valence-electron chi connectivity index (χ3n) is 4.70. The van der Waals surface area contributed by atoms with Gasteiger partial charge in [0.15, 0.2) is 5.13 Å². The molecule has 1 aliphatic heterocycles. The number of nitrogens with one attached hydrogen (secondary N) is 1. The van der Waals surface area contributed by atoms with Gasteiger partial charge in [-0.15, -0.1) is 11.3 Å². The minimum Gasteiger partial charge on any atom is -0.302 e. The van der Waals surface area contributed by atoms with Gasteiger partial charge in [0.05, 0.1) is 5.25 Å². The molecule has 1 aromatic carbocycles. The predicted molar refractivity (Wildman–Crippen MR) is 125 cm³/mol. The van der Waals surface area contributed by atoms with Crippen molar-refractivity contribution in [2.24, 2.45) is 0 Å². The molecule has 1 N–H and O–H groups in total. The molecule has 1 atom stereocenters. The average molecular weight is 448 g/mol. The van der Waals surface area contributed by atoms with Crippen LogP contribution >= 0.6 is 35.3 Å². The van der Waals surface area contributed by atoms with Gasteiger partial charge in [-0.05, 0) is 32.3 Å². The molecule has 2 aromatic rings. The van der Waals surface area contributed by atoms with Crippen LogP contribution < -0.4 is 5.32 Å². The quantitative estimate of drug-likeness (QED) is 0.442. The van der Waals surface area contributed by atoms with Crippen LogP contribution in [0.3, 0.4) is 0 Å². The molecule has 1 aromatic heterocycles. The summed E-state index contributed by atoms with van der Waals surface area (Å²) >= 11 is 8.20. The second kappa shape index (κ2) is 10.3. The zero-order valence-corrected chi connectivity index (χ0v) is 19.1. The Labute approximate surface area is 185 Å². The maximum absolute atomic E-state index is 12.2. The van der Waals surface area contributed by atoms with E-state index in [1.54, 1.807) is 4.90 Å². The summed E-state index contributed by atoms with van der Waals surface area (Å²) in [5.74, 6) is 0.0844. The van der Waals surface area contributed by atoms with E-state index in [-0.39, 0.29) is 17.1 Å². The van der Waals surface area contributed by atoms with Crippen molar-refractivity contribution in [1.29, 1.82) is 0 Å². The fourth-order valence-corrected chi connectivity index (χ4v) is 5.36. The van der Waals surface area contributed by atoms with Gasteiger partial charge >= 0.3 is 0 Å². The van der Waals surface area contributed by atoms with Gasteiger partial charge in [-0.2, -0.15) is 0 Å². The van der Waals surface area contributed by atoms with Crippen LogP contribution in [0.4, 0.5) is 5.13 Å². The predicted octanol–water partition coefficient (Wildman–Crippen LogP) is 4.79. The van der Waals surface area contributed by atoms with Gasteiger partial charge in [0, 0.05) is 30.5 Å².